The van der Waals surface area contributed by atoms with Crippen LogP contribution in [0.2, 0.25) is 0 Å². The van der Waals surface area contributed by atoms with E-state index < -0.39 is 0 Å². The summed E-state index contributed by atoms with van der Waals surface area (Å²) in [7, 11) is 0. The normalized spacial score (nSPS) is 12.3. The highest BCUT2D eigenvalue weighted by atomic mass is 16.5. The van der Waals surface area contributed by atoms with Gasteiger partial charge in [0.1, 0.15) is 17.9 Å². The van der Waals surface area contributed by atoms with Crippen molar-refractivity contribution in [2.24, 2.45) is 0 Å². The highest BCUT2D eigenvalue weighted by molar-refractivity contribution is 5.28. The monoisotopic (exact) mass is 246 g/mol. The molecule has 0 aliphatic heterocycles. The Kier molecular flexibility index (Phi) is 4.30. The third-order valence-corrected chi connectivity index (χ3v) is 2.67. The Bertz CT molecular complexity index is 470. The molecule has 0 saturated heterocycles. The quantitative estimate of drug-likeness (QED) is 0.819. The maximum absolute atomic E-state index is 5.47. The number of H-pyrrole nitrogens is 1. The zero-order valence-corrected chi connectivity index (χ0v) is 10.7. The van der Waals surface area contributed by atoms with E-state index in [1.165, 1.54) is 11.9 Å². The molecule has 0 spiro atoms. The van der Waals surface area contributed by atoms with Crippen molar-refractivity contribution in [3.8, 4) is 5.75 Å². The van der Waals surface area contributed by atoms with E-state index in [1.807, 2.05) is 32.0 Å². The molecule has 18 heavy (non-hydrogen) atoms. The highest BCUT2D eigenvalue weighted by Crippen LogP contribution is 2.14. The lowest BCUT2D eigenvalue weighted by Gasteiger charge is -2.11. The van der Waals surface area contributed by atoms with Crippen molar-refractivity contribution < 1.29 is 4.74 Å². The SMILES string of the molecule is CCOc1cccc(CNC(C)c2ncn[nH]2)c1. The minimum atomic E-state index is 0.142. The summed E-state index contributed by atoms with van der Waals surface area (Å²) >= 11 is 0. The average Bonchev–Trinajstić information content (AvgIpc) is 2.91. The van der Waals surface area contributed by atoms with E-state index in [1.54, 1.807) is 0 Å². The Balaban J connectivity index is 1.91. The Morgan fingerprint density at radius 2 is 2.33 bits per heavy atom. The van der Waals surface area contributed by atoms with Crippen molar-refractivity contribution in [3.63, 3.8) is 0 Å². The van der Waals surface area contributed by atoms with E-state index >= 15 is 0 Å². The number of aromatic amines is 1. The van der Waals surface area contributed by atoms with Crippen molar-refractivity contribution in [2.75, 3.05) is 6.61 Å². The second-order valence-corrected chi connectivity index (χ2v) is 4.05. The van der Waals surface area contributed by atoms with Gasteiger partial charge in [-0.3, -0.25) is 5.10 Å². The molecule has 1 aromatic carbocycles. The molecule has 5 heteroatoms. The molecule has 0 aliphatic carbocycles. The number of rotatable bonds is 6. The van der Waals surface area contributed by atoms with Crippen molar-refractivity contribution >= 4 is 0 Å². The summed E-state index contributed by atoms with van der Waals surface area (Å²) in [4.78, 5) is 4.12. The lowest BCUT2D eigenvalue weighted by Crippen LogP contribution is -2.19. The molecule has 0 aliphatic rings. The second-order valence-electron chi connectivity index (χ2n) is 4.05. The minimum Gasteiger partial charge on any atom is -0.494 e. The summed E-state index contributed by atoms with van der Waals surface area (Å²) in [5.41, 5.74) is 1.19. The first-order chi connectivity index (χ1) is 8.79. The molecular weight excluding hydrogens is 228 g/mol. The molecule has 2 rings (SSSR count). The zero-order chi connectivity index (χ0) is 12.8. The van der Waals surface area contributed by atoms with Crippen LogP contribution in [0.25, 0.3) is 0 Å². The van der Waals surface area contributed by atoms with Gasteiger partial charge in [0.15, 0.2) is 0 Å². The number of hydrogen-bond donors (Lipinski definition) is 2. The first-order valence-electron chi connectivity index (χ1n) is 6.10. The summed E-state index contributed by atoms with van der Waals surface area (Å²) in [5, 5.41) is 10.1. The van der Waals surface area contributed by atoms with E-state index in [2.05, 4.69) is 26.6 Å². The maximum atomic E-state index is 5.47. The lowest BCUT2D eigenvalue weighted by atomic mass is 10.2. The predicted octanol–water partition coefficient (Wildman–Crippen LogP) is 2.05. The smallest absolute Gasteiger partial charge is 0.141 e. The predicted molar refractivity (Wildman–Crippen MR) is 69.2 cm³/mol. The number of nitrogens with one attached hydrogen (secondary N) is 2. The molecule has 2 N–H and O–H groups in total. The van der Waals surface area contributed by atoms with Crippen LogP contribution < -0.4 is 10.1 Å². The van der Waals surface area contributed by atoms with E-state index in [-0.39, 0.29) is 6.04 Å². The van der Waals surface area contributed by atoms with Gasteiger partial charge in [0.2, 0.25) is 0 Å². The van der Waals surface area contributed by atoms with Gasteiger partial charge in [-0.05, 0) is 31.5 Å². The first kappa shape index (κ1) is 12.6. The molecule has 96 valence electrons. The van der Waals surface area contributed by atoms with E-state index in [0.29, 0.717) is 6.61 Å². The molecule has 1 unspecified atom stereocenters. The second kappa shape index (κ2) is 6.16. The Hall–Kier alpha value is -1.88. The van der Waals surface area contributed by atoms with Crippen molar-refractivity contribution in [1.29, 1.82) is 0 Å². The fourth-order valence-electron chi connectivity index (χ4n) is 1.70. The van der Waals surface area contributed by atoms with Crippen LogP contribution in [0.4, 0.5) is 0 Å². The van der Waals surface area contributed by atoms with Gasteiger partial charge < -0.3 is 10.1 Å². The van der Waals surface area contributed by atoms with Crippen molar-refractivity contribution in [1.82, 2.24) is 20.5 Å². The molecule has 0 amide bonds. The molecule has 1 aromatic heterocycles. The van der Waals surface area contributed by atoms with Crippen LogP contribution in [0.3, 0.4) is 0 Å². The molecule has 5 nitrogen and oxygen atoms in total. The van der Waals surface area contributed by atoms with Gasteiger partial charge in [-0.15, -0.1) is 0 Å². The van der Waals surface area contributed by atoms with Crippen LogP contribution in [0.15, 0.2) is 30.6 Å². The third-order valence-electron chi connectivity index (χ3n) is 2.67. The Labute approximate surface area is 107 Å². The van der Waals surface area contributed by atoms with Gasteiger partial charge in [0.05, 0.1) is 12.6 Å². The Morgan fingerprint density at radius 3 is 3.06 bits per heavy atom. The fourth-order valence-corrected chi connectivity index (χ4v) is 1.70. The van der Waals surface area contributed by atoms with Gasteiger partial charge >= 0.3 is 0 Å². The number of hydrogen-bond acceptors (Lipinski definition) is 4. The summed E-state index contributed by atoms with van der Waals surface area (Å²) in [6.45, 7) is 5.48. The van der Waals surface area contributed by atoms with Gasteiger partial charge in [-0.1, -0.05) is 12.1 Å². The number of aromatic nitrogens is 3. The summed E-state index contributed by atoms with van der Waals surface area (Å²) in [6.07, 6.45) is 1.52. The number of ether oxygens (including phenoxy) is 1. The van der Waals surface area contributed by atoms with Crippen LogP contribution in [-0.4, -0.2) is 21.8 Å². The first-order valence-corrected chi connectivity index (χ1v) is 6.10. The average molecular weight is 246 g/mol. The van der Waals surface area contributed by atoms with E-state index in [4.69, 9.17) is 4.74 Å². The van der Waals surface area contributed by atoms with Crippen molar-refractivity contribution in [2.45, 2.75) is 26.4 Å². The zero-order valence-electron chi connectivity index (χ0n) is 10.7. The van der Waals surface area contributed by atoms with Gasteiger partial charge in [0, 0.05) is 6.54 Å². The van der Waals surface area contributed by atoms with Crippen molar-refractivity contribution in [3.05, 3.63) is 42.0 Å². The molecule has 1 atom stereocenters. The van der Waals surface area contributed by atoms with Crippen LogP contribution in [0.5, 0.6) is 5.75 Å². The van der Waals surface area contributed by atoms with Crippen LogP contribution in [0, 0.1) is 0 Å². The number of nitrogens with zero attached hydrogens (tertiary/aromatic N) is 2. The highest BCUT2D eigenvalue weighted by Gasteiger charge is 2.07. The van der Waals surface area contributed by atoms with Gasteiger partial charge in [0.25, 0.3) is 0 Å². The third kappa shape index (κ3) is 3.30. The minimum absolute atomic E-state index is 0.142. The lowest BCUT2D eigenvalue weighted by molar-refractivity contribution is 0.339. The van der Waals surface area contributed by atoms with Gasteiger partial charge in [-0.25, -0.2) is 4.98 Å². The van der Waals surface area contributed by atoms with E-state index in [9.17, 15) is 0 Å². The van der Waals surface area contributed by atoms with E-state index in [0.717, 1.165) is 18.1 Å². The summed E-state index contributed by atoms with van der Waals surface area (Å²) in [5.74, 6) is 1.75. The molecule has 1 heterocycles. The fraction of sp³-hybridized carbons (Fsp3) is 0.385. The molecule has 0 bridgehead atoms. The Morgan fingerprint density at radius 1 is 1.44 bits per heavy atom. The van der Waals surface area contributed by atoms with Gasteiger partial charge in [-0.2, -0.15) is 5.10 Å². The molecule has 0 fully saturated rings. The molecule has 0 saturated carbocycles. The van der Waals surface area contributed by atoms with Crippen LogP contribution in [0.1, 0.15) is 31.3 Å². The summed E-state index contributed by atoms with van der Waals surface area (Å²) < 4.78 is 5.47. The van der Waals surface area contributed by atoms with Crippen LogP contribution >= 0.6 is 0 Å². The topological polar surface area (TPSA) is 62.8 Å². The molecular formula is C13H18N4O. The maximum Gasteiger partial charge on any atom is 0.141 e. The standard InChI is InChI=1S/C13H18N4O/c1-3-18-12-6-4-5-11(7-12)8-14-10(2)13-15-9-16-17-13/h4-7,9-10,14H,3,8H2,1-2H3,(H,15,16,17). The molecule has 0 radical (unpaired) electrons. The molecule has 2 aromatic rings. The van der Waals surface area contributed by atoms with Crippen LogP contribution in [-0.2, 0) is 6.54 Å². The largest absolute Gasteiger partial charge is 0.494 e. The summed E-state index contributed by atoms with van der Waals surface area (Å²) in [6, 6.07) is 8.23. The number of benzene rings is 1.